The van der Waals surface area contributed by atoms with Gasteiger partial charge in [0.05, 0.1) is 11.8 Å². The first-order chi connectivity index (χ1) is 15.1. The van der Waals surface area contributed by atoms with E-state index in [9.17, 15) is 9.59 Å². The van der Waals surface area contributed by atoms with E-state index in [1.54, 1.807) is 7.05 Å². The molecule has 2 aliphatic carbocycles. The van der Waals surface area contributed by atoms with Crippen molar-refractivity contribution in [2.75, 3.05) is 26.7 Å². The molecule has 162 valence electrons. The molecule has 3 aliphatic rings. The van der Waals surface area contributed by atoms with Crippen LogP contribution in [-0.2, 0) is 16.0 Å². The number of aromatic amines is 1. The van der Waals surface area contributed by atoms with Crippen molar-refractivity contribution in [1.29, 1.82) is 0 Å². The van der Waals surface area contributed by atoms with Gasteiger partial charge in [0, 0.05) is 43.8 Å². The molecule has 1 aliphatic heterocycles. The maximum Gasteiger partial charge on any atom is 0.233 e. The number of hydrogen-bond donors (Lipinski definition) is 3. The highest BCUT2D eigenvalue weighted by atomic mass is 16.2. The fourth-order valence-electron chi connectivity index (χ4n) is 5.51. The van der Waals surface area contributed by atoms with Crippen molar-refractivity contribution >= 4 is 28.7 Å². The van der Waals surface area contributed by atoms with Crippen molar-refractivity contribution in [3.05, 3.63) is 47.7 Å². The van der Waals surface area contributed by atoms with Gasteiger partial charge < -0.3 is 15.6 Å². The topological polar surface area (TPSA) is 89.6 Å². The number of likely N-dealkylation sites (tertiary alicyclic amines) is 1. The minimum atomic E-state index is -0.125. The second kappa shape index (κ2) is 7.87. The molecule has 0 spiro atoms. The molecule has 2 amide bonds. The Morgan fingerprint density at radius 3 is 2.55 bits per heavy atom. The third kappa shape index (κ3) is 3.42. The van der Waals surface area contributed by atoms with Crippen LogP contribution in [0.4, 0.5) is 0 Å². The number of benzene rings is 1. The van der Waals surface area contributed by atoms with E-state index in [4.69, 9.17) is 0 Å². The van der Waals surface area contributed by atoms with Crippen LogP contribution in [0.5, 0.6) is 0 Å². The first kappa shape index (κ1) is 19.8. The third-order valence-electron chi connectivity index (χ3n) is 7.02. The summed E-state index contributed by atoms with van der Waals surface area (Å²) < 4.78 is 0. The van der Waals surface area contributed by atoms with Crippen molar-refractivity contribution in [3.63, 3.8) is 0 Å². The number of nitrogens with zero attached hydrogens (tertiary/aromatic N) is 2. The largest absolute Gasteiger partial charge is 0.361 e. The monoisotopic (exact) mass is 419 g/mol. The van der Waals surface area contributed by atoms with Crippen molar-refractivity contribution in [2.45, 2.75) is 19.8 Å². The van der Waals surface area contributed by atoms with E-state index in [1.807, 2.05) is 0 Å². The Labute approximate surface area is 182 Å². The number of aliphatic imine (C=N–C) groups is 1. The number of imide groups is 1. The maximum atomic E-state index is 12.8. The van der Waals surface area contributed by atoms with Gasteiger partial charge in [0.2, 0.25) is 11.8 Å². The molecule has 7 heteroatoms. The molecule has 3 N–H and O–H groups in total. The van der Waals surface area contributed by atoms with Gasteiger partial charge in [-0.05, 0) is 48.8 Å². The van der Waals surface area contributed by atoms with Gasteiger partial charge in [-0.3, -0.25) is 19.5 Å². The van der Waals surface area contributed by atoms with Gasteiger partial charge >= 0.3 is 0 Å². The van der Waals surface area contributed by atoms with E-state index in [2.05, 4.69) is 64.1 Å². The van der Waals surface area contributed by atoms with Gasteiger partial charge in [-0.25, -0.2) is 0 Å². The summed E-state index contributed by atoms with van der Waals surface area (Å²) in [6.07, 6.45) is 8.14. The van der Waals surface area contributed by atoms with E-state index >= 15 is 0 Å². The lowest BCUT2D eigenvalue weighted by atomic mass is 9.85. The molecule has 2 fully saturated rings. The van der Waals surface area contributed by atoms with Gasteiger partial charge in [-0.15, -0.1) is 0 Å². The van der Waals surface area contributed by atoms with E-state index in [0.29, 0.717) is 19.0 Å². The number of fused-ring (bicyclic) bond motifs is 6. The molecule has 4 atom stereocenters. The summed E-state index contributed by atoms with van der Waals surface area (Å²) in [4.78, 5) is 34.6. The van der Waals surface area contributed by atoms with Gasteiger partial charge in [-0.1, -0.05) is 24.3 Å². The average Bonchev–Trinajstić information content (AvgIpc) is 3.52. The molecule has 31 heavy (non-hydrogen) atoms. The number of aromatic nitrogens is 1. The zero-order valence-corrected chi connectivity index (χ0v) is 18.0. The summed E-state index contributed by atoms with van der Waals surface area (Å²) >= 11 is 0. The fraction of sp³-hybridized carbons (Fsp3) is 0.458. The van der Waals surface area contributed by atoms with Crippen LogP contribution in [0.2, 0.25) is 0 Å². The average molecular weight is 420 g/mol. The number of aryl methyl sites for hydroxylation is 1. The smallest absolute Gasteiger partial charge is 0.233 e. The molecule has 1 aromatic heterocycles. The summed E-state index contributed by atoms with van der Waals surface area (Å²) in [5.74, 6) is 0.952. The minimum absolute atomic E-state index is 0.00571. The quantitative estimate of drug-likeness (QED) is 0.289. The molecule has 4 unspecified atom stereocenters. The van der Waals surface area contributed by atoms with Gasteiger partial charge in [0.25, 0.3) is 0 Å². The lowest BCUT2D eigenvalue weighted by Gasteiger charge is -2.18. The number of nitrogens with one attached hydrogen (secondary N) is 3. The Morgan fingerprint density at radius 1 is 1.13 bits per heavy atom. The van der Waals surface area contributed by atoms with Crippen molar-refractivity contribution < 1.29 is 9.59 Å². The first-order valence-corrected chi connectivity index (χ1v) is 11.1. The Kier molecular flexibility index (Phi) is 5.04. The predicted molar refractivity (Wildman–Crippen MR) is 121 cm³/mol. The zero-order chi connectivity index (χ0) is 21.5. The Morgan fingerprint density at radius 2 is 1.84 bits per heavy atom. The Bertz CT molecular complexity index is 1050. The van der Waals surface area contributed by atoms with Crippen molar-refractivity contribution in [1.82, 2.24) is 20.5 Å². The van der Waals surface area contributed by atoms with Crippen LogP contribution in [0.15, 0.2) is 41.5 Å². The normalized spacial score (nSPS) is 26.9. The summed E-state index contributed by atoms with van der Waals surface area (Å²) in [6, 6.07) is 6.44. The highest BCUT2D eigenvalue weighted by Gasteiger charge is 2.58. The Hall–Kier alpha value is -3.09. The molecule has 1 saturated heterocycles. The summed E-state index contributed by atoms with van der Waals surface area (Å²) in [5, 5.41) is 7.80. The molecule has 7 nitrogen and oxygen atoms in total. The number of carbonyl (C=O) groups excluding carboxylic acids is 2. The number of carbonyl (C=O) groups is 2. The van der Waals surface area contributed by atoms with Gasteiger partial charge in [-0.2, -0.15) is 0 Å². The lowest BCUT2D eigenvalue weighted by molar-refractivity contribution is -0.140. The molecule has 2 heterocycles. The molecule has 2 aromatic rings. The van der Waals surface area contributed by atoms with E-state index in [0.717, 1.165) is 24.9 Å². The lowest BCUT2D eigenvalue weighted by Crippen LogP contribution is -2.44. The number of H-pyrrole nitrogens is 1. The van der Waals surface area contributed by atoms with E-state index in [1.165, 1.54) is 21.4 Å². The van der Waals surface area contributed by atoms with Crippen LogP contribution in [0.25, 0.3) is 10.9 Å². The molecule has 1 saturated carbocycles. The number of allylic oxidation sites excluding steroid dienone is 2. The van der Waals surface area contributed by atoms with Crippen LogP contribution < -0.4 is 10.6 Å². The number of guanidine groups is 1. The molecule has 1 aromatic carbocycles. The van der Waals surface area contributed by atoms with Gasteiger partial charge in [0.1, 0.15) is 0 Å². The maximum absolute atomic E-state index is 12.8. The minimum Gasteiger partial charge on any atom is -0.361 e. The van der Waals surface area contributed by atoms with E-state index in [-0.39, 0.29) is 35.5 Å². The standard InChI is InChI=1S/C24H29N5O2/c1-14-3-6-18-17(13-28-19(18)11-14)7-8-26-24(25-2)27-9-10-29-22(30)20-15-4-5-16(12-15)21(20)23(29)31/h3-6,11,13,15-16,20-21,28H,7-10,12H2,1-2H3,(H2,25,26,27). The SMILES string of the molecule is CN=C(NCCc1c[nH]c2cc(C)ccc12)NCCN1C(=O)C2C3C=CC(C3)C2C1=O. The molecule has 0 radical (unpaired) electrons. The highest BCUT2D eigenvalue weighted by Crippen LogP contribution is 2.52. The Balaban J connectivity index is 1.10. The van der Waals surface area contributed by atoms with Crippen molar-refractivity contribution in [2.24, 2.45) is 28.7 Å². The molecule has 5 rings (SSSR count). The van der Waals surface area contributed by atoms with Crippen LogP contribution in [-0.4, -0.2) is 54.3 Å². The van der Waals surface area contributed by atoms with Crippen LogP contribution >= 0.6 is 0 Å². The second-order valence-corrected chi connectivity index (χ2v) is 8.87. The van der Waals surface area contributed by atoms with E-state index < -0.39 is 0 Å². The number of rotatable bonds is 6. The summed E-state index contributed by atoms with van der Waals surface area (Å²) in [7, 11) is 1.73. The molecular weight excluding hydrogens is 390 g/mol. The zero-order valence-electron chi connectivity index (χ0n) is 18.0. The van der Waals surface area contributed by atoms with Crippen molar-refractivity contribution in [3.8, 4) is 0 Å². The second-order valence-electron chi connectivity index (χ2n) is 8.87. The highest BCUT2D eigenvalue weighted by molar-refractivity contribution is 6.06. The third-order valence-corrected chi connectivity index (χ3v) is 7.02. The van der Waals surface area contributed by atoms with Crippen LogP contribution in [0.3, 0.4) is 0 Å². The summed E-state index contributed by atoms with van der Waals surface area (Å²) in [5.41, 5.74) is 3.66. The first-order valence-electron chi connectivity index (χ1n) is 11.1. The van der Waals surface area contributed by atoms with Gasteiger partial charge in [0.15, 0.2) is 5.96 Å². The number of amides is 2. The molecular formula is C24H29N5O2. The van der Waals surface area contributed by atoms with Crippen LogP contribution in [0, 0.1) is 30.6 Å². The number of hydrogen-bond acceptors (Lipinski definition) is 3. The summed E-state index contributed by atoms with van der Waals surface area (Å²) in [6.45, 7) is 3.70. The van der Waals surface area contributed by atoms with Crippen LogP contribution in [0.1, 0.15) is 17.5 Å². The fourth-order valence-corrected chi connectivity index (χ4v) is 5.51. The molecule has 2 bridgehead atoms. The predicted octanol–water partition coefficient (Wildman–Crippen LogP) is 1.99.